The minimum absolute atomic E-state index is 0.255. The van der Waals surface area contributed by atoms with E-state index in [0.717, 1.165) is 25.1 Å². The first-order valence-electron chi connectivity index (χ1n) is 8.60. The summed E-state index contributed by atoms with van der Waals surface area (Å²) < 4.78 is 6.45. The van der Waals surface area contributed by atoms with Gasteiger partial charge in [0.2, 0.25) is 0 Å². The predicted molar refractivity (Wildman–Crippen MR) is 83.8 cm³/mol. The molecule has 0 aromatic carbocycles. The largest absolute Gasteiger partial charge is 0.377 e. The van der Waals surface area contributed by atoms with Crippen molar-refractivity contribution >= 4 is 0 Å². The third kappa shape index (κ3) is 2.43. The Morgan fingerprint density at radius 2 is 1.85 bits per heavy atom. The first-order chi connectivity index (χ1) is 9.25. The van der Waals surface area contributed by atoms with Gasteiger partial charge in [-0.1, -0.05) is 34.6 Å². The fourth-order valence-corrected chi connectivity index (χ4v) is 4.47. The molecule has 1 N–H and O–H groups in total. The van der Waals surface area contributed by atoms with Crippen molar-refractivity contribution in [2.45, 2.75) is 78.9 Å². The Morgan fingerprint density at radius 1 is 1.15 bits per heavy atom. The first kappa shape index (κ1) is 14.8. The average Bonchev–Trinajstić information content (AvgIpc) is 3.13. The minimum Gasteiger partial charge on any atom is -0.377 e. The van der Waals surface area contributed by atoms with Crippen LogP contribution in [0.4, 0.5) is 0 Å². The van der Waals surface area contributed by atoms with E-state index in [1.54, 1.807) is 0 Å². The monoisotopic (exact) mass is 279 g/mol. The van der Waals surface area contributed by atoms with Crippen LogP contribution in [-0.4, -0.2) is 25.3 Å². The van der Waals surface area contributed by atoms with Gasteiger partial charge in [-0.25, -0.2) is 0 Å². The highest BCUT2D eigenvalue weighted by atomic mass is 16.5. The summed E-state index contributed by atoms with van der Waals surface area (Å²) in [7, 11) is 0. The first-order valence-corrected chi connectivity index (χ1v) is 8.60. The van der Waals surface area contributed by atoms with E-state index in [1.165, 1.54) is 32.1 Å². The molecule has 0 radical (unpaired) electrons. The van der Waals surface area contributed by atoms with Crippen molar-refractivity contribution < 1.29 is 4.74 Å². The van der Waals surface area contributed by atoms with Crippen molar-refractivity contribution in [1.82, 2.24) is 5.32 Å². The van der Waals surface area contributed by atoms with Crippen LogP contribution in [0.5, 0.6) is 0 Å². The van der Waals surface area contributed by atoms with Crippen LogP contribution >= 0.6 is 0 Å². The Morgan fingerprint density at radius 3 is 2.35 bits per heavy atom. The zero-order valence-electron chi connectivity index (χ0n) is 14.1. The molecule has 3 unspecified atom stereocenters. The lowest BCUT2D eigenvalue weighted by Gasteiger charge is -2.40. The standard InChI is InChI=1S/C18H33NO/c1-16(2,11-19-14-6-7-14)12-20-15-10-13-8-9-18(15,5)17(13,3)4/h13-15,19H,6-12H2,1-5H3. The normalized spacial score (nSPS) is 39.5. The van der Waals surface area contributed by atoms with Crippen molar-refractivity contribution in [2.75, 3.05) is 13.2 Å². The van der Waals surface area contributed by atoms with Crippen molar-refractivity contribution in [2.24, 2.45) is 22.2 Å². The second-order valence-electron chi connectivity index (χ2n) is 9.23. The number of hydrogen-bond acceptors (Lipinski definition) is 2. The molecule has 0 spiro atoms. The molecular weight excluding hydrogens is 246 g/mol. The molecule has 116 valence electrons. The molecule has 0 heterocycles. The van der Waals surface area contributed by atoms with E-state index in [-0.39, 0.29) is 5.41 Å². The van der Waals surface area contributed by atoms with E-state index >= 15 is 0 Å². The van der Waals surface area contributed by atoms with Crippen LogP contribution < -0.4 is 5.32 Å². The predicted octanol–water partition coefficient (Wildman–Crippen LogP) is 4.00. The Kier molecular flexibility index (Phi) is 3.49. The average molecular weight is 279 g/mol. The summed E-state index contributed by atoms with van der Waals surface area (Å²) in [6.07, 6.45) is 7.28. The smallest absolute Gasteiger partial charge is 0.0637 e. The molecule has 0 saturated heterocycles. The third-order valence-corrected chi connectivity index (χ3v) is 6.84. The zero-order valence-corrected chi connectivity index (χ0v) is 14.1. The van der Waals surface area contributed by atoms with Gasteiger partial charge in [0.15, 0.2) is 0 Å². The lowest BCUT2D eigenvalue weighted by atomic mass is 9.70. The molecule has 0 aromatic rings. The molecule has 3 aliphatic carbocycles. The lowest BCUT2D eigenvalue weighted by molar-refractivity contribution is -0.0719. The number of rotatable bonds is 6. The van der Waals surface area contributed by atoms with Crippen molar-refractivity contribution in [3.8, 4) is 0 Å². The van der Waals surface area contributed by atoms with Crippen LogP contribution in [0.1, 0.15) is 66.7 Å². The highest BCUT2D eigenvalue weighted by Crippen LogP contribution is 2.66. The second kappa shape index (κ2) is 4.71. The fraction of sp³-hybridized carbons (Fsp3) is 1.00. The molecular formula is C18H33NO. The van der Waals surface area contributed by atoms with Gasteiger partial charge < -0.3 is 10.1 Å². The van der Waals surface area contributed by atoms with E-state index in [4.69, 9.17) is 4.74 Å². The molecule has 20 heavy (non-hydrogen) atoms. The summed E-state index contributed by atoms with van der Waals surface area (Å²) in [6, 6.07) is 0.799. The van der Waals surface area contributed by atoms with E-state index in [2.05, 4.69) is 39.9 Å². The van der Waals surface area contributed by atoms with Crippen LogP contribution in [-0.2, 0) is 4.74 Å². The van der Waals surface area contributed by atoms with Gasteiger partial charge in [-0.05, 0) is 48.9 Å². The van der Waals surface area contributed by atoms with Gasteiger partial charge in [-0.3, -0.25) is 0 Å². The van der Waals surface area contributed by atoms with Gasteiger partial charge >= 0.3 is 0 Å². The second-order valence-corrected chi connectivity index (χ2v) is 9.23. The van der Waals surface area contributed by atoms with Gasteiger partial charge in [0.25, 0.3) is 0 Å². The molecule has 3 aliphatic rings. The molecule has 2 heteroatoms. The van der Waals surface area contributed by atoms with Crippen LogP contribution in [0.25, 0.3) is 0 Å². The number of hydrogen-bond donors (Lipinski definition) is 1. The maximum atomic E-state index is 6.45. The van der Waals surface area contributed by atoms with Crippen LogP contribution in [0.2, 0.25) is 0 Å². The maximum Gasteiger partial charge on any atom is 0.0637 e. The maximum absolute atomic E-state index is 6.45. The van der Waals surface area contributed by atoms with E-state index < -0.39 is 0 Å². The van der Waals surface area contributed by atoms with E-state index in [9.17, 15) is 0 Å². The number of fused-ring (bicyclic) bond motifs is 2. The van der Waals surface area contributed by atoms with Crippen molar-refractivity contribution in [1.29, 1.82) is 0 Å². The quantitative estimate of drug-likeness (QED) is 0.793. The Labute approximate surface area is 125 Å². The van der Waals surface area contributed by atoms with Gasteiger partial charge in [0, 0.05) is 18.0 Å². The lowest BCUT2D eigenvalue weighted by Crippen LogP contribution is -2.41. The molecule has 0 amide bonds. The third-order valence-electron chi connectivity index (χ3n) is 6.84. The Bertz CT molecular complexity index is 372. The minimum atomic E-state index is 0.255. The molecule has 3 rings (SSSR count). The SMILES string of the molecule is CC(C)(CNC1CC1)COC1CC2CCC1(C)C2(C)C. The van der Waals surface area contributed by atoms with Gasteiger partial charge in [-0.2, -0.15) is 0 Å². The van der Waals surface area contributed by atoms with E-state index in [0.29, 0.717) is 16.9 Å². The molecule has 0 aliphatic heterocycles. The molecule has 2 nitrogen and oxygen atoms in total. The number of nitrogens with one attached hydrogen (secondary N) is 1. The molecule has 3 atom stereocenters. The summed E-state index contributed by atoms with van der Waals surface area (Å²) in [4.78, 5) is 0. The Balaban J connectivity index is 1.53. The van der Waals surface area contributed by atoms with E-state index in [1.807, 2.05) is 0 Å². The summed E-state index contributed by atoms with van der Waals surface area (Å²) in [5, 5.41) is 3.65. The number of ether oxygens (including phenoxy) is 1. The Hall–Kier alpha value is -0.0800. The summed E-state index contributed by atoms with van der Waals surface area (Å²) in [5.41, 5.74) is 1.12. The zero-order chi connectivity index (χ0) is 14.6. The van der Waals surface area contributed by atoms with Crippen LogP contribution in [0.3, 0.4) is 0 Å². The molecule has 3 fully saturated rings. The highest BCUT2D eigenvalue weighted by Gasteiger charge is 2.61. The van der Waals surface area contributed by atoms with Gasteiger partial charge in [-0.15, -0.1) is 0 Å². The highest BCUT2D eigenvalue weighted by molar-refractivity contribution is 5.11. The summed E-state index contributed by atoms with van der Waals surface area (Å²) in [6.45, 7) is 14.1. The molecule has 0 aromatic heterocycles. The fourth-order valence-electron chi connectivity index (χ4n) is 4.47. The van der Waals surface area contributed by atoms with Crippen LogP contribution in [0, 0.1) is 22.2 Å². The topological polar surface area (TPSA) is 21.3 Å². The van der Waals surface area contributed by atoms with Gasteiger partial charge in [0.05, 0.1) is 12.7 Å². The summed E-state index contributed by atoms with van der Waals surface area (Å²) >= 11 is 0. The molecule has 3 saturated carbocycles. The summed E-state index contributed by atoms with van der Waals surface area (Å²) in [5.74, 6) is 0.880. The van der Waals surface area contributed by atoms with Crippen molar-refractivity contribution in [3.63, 3.8) is 0 Å². The van der Waals surface area contributed by atoms with Crippen molar-refractivity contribution in [3.05, 3.63) is 0 Å². The molecule has 2 bridgehead atoms. The van der Waals surface area contributed by atoms with Gasteiger partial charge in [0.1, 0.15) is 0 Å². The van der Waals surface area contributed by atoms with Crippen LogP contribution in [0.15, 0.2) is 0 Å².